The molecule has 33 heavy (non-hydrogen) atoms. The smallest absolute Gasteiger partial charge is 0.460 e. The van der Waals surface area contributed by atoms with Crippen molar-refractivity contribution in [1.82, 2.24) is 0 Å². The summed E-state index contributed by atoms with van der Waals surface area (Å²) in [4.78, 5) is 11.7. The third-order valence-corrected chi connectivity index (χ3v) is 4.40. The molecule has 0 aromatic heterocycles. The molecule has 0 unspecified atom stereocenters. The second-order valence-electron chi connectivity index (χ2n) is 6.96. The van der Waals surface area contributed by atoms with Crippen molar-refractivity contribution in [1.29, 1.82) is 0 Å². The third kappa shape index (κ3) is 5.31. The van der Waals surface area contributed by atoms with Crippen LogP contribution < -0.4 is 0 Å². The number of rotatable bonds is 10. The Morgan fingerprint density at radius 3 is 1.61 bits per heavy atom. The Labute approximate surface area is 177 Å². The van der Waals surface area contributed by atoms with Crippen molar-refractivity contribution in [2.75, 3.05) is 6.61 Å². The topological polar surface area (TPSA) is 26.3 Å². The molecule has 190 valence electrons. The van der Waals surface area contributed by atoms with Crippen LogP contribution in [0.1, 0.15) is 35.2 Å². The summed E-state index contributed by atoms with van der Waals surface area (Å²) < 4.78 is 173. The summed E-state index contributed by atoms with van der Waals surface area (Å²) in [5.41, 5.74) is 0.787. The second kappa shape index (κ2) is 9.20. The molecular weight excluding hydrogens is 495 g/mol. The van der Waals surface area contributed by atoms with Crippen molar-refractivity contribution in [2.45, 2.75) is 62.0 Å². The molecule has 0 bridgehead atoms. The summed E-state index contributed by atoms with van der Waals surface area (Å²) in [6, 6.07) is 5.67. The van der Waals surface area contributed by atoms with Gasteiger partial charge in [-0.2, -0.15) is 57.1 Å². The second-order valence-corrected chi connectivity index (χ2v) is 6.96. The van der Waals surface area contributed by atoms with Crippen molar-refractivity contribution in [2.24, 2.45) is 0 Å². The molecule has 0 saturated heterocycles. The first-order valence-electron chi connectivity index (χ1n) is 8.83. The predicted molar refractivity (Wildman–Crippen MR) is 86.1 cm³/mol. The number of alkyl halides is 13. The molecule has 15 heteroatoms. The maximum atomic E-state index is 13.6. The summed E-state index contributed by atoms with van der Waals surface area (Å²) in [6.45, 7) is 0.988. The number of halogens is 13. The number of ether oxygens (including phenoxy) is 1. The van der Waals surface area contributed by atoms with E-state index in [1.807, 2.05) is 0 Å². The van der Waals surface area contributed by atoms with Crippen LogP contribution >= 0.6 is 0 Å². The average molecular weight is 510 g/mol. The minimum absolute atomic E-state index is 0.0185. The lowest BCUT2D eigenvalue weighted by Gasteiger charge is -2.39. The molecule has 1 rings (SSSR count). The minimum atomic E-state index is -7.91. The number of hydrogen-bond acceptors (Lipinski definition) is 2. The number of benzene rings is 1. The minimum Gasteiger partial charge on any atom is -0.462 e. The lowest BCUT2D eigenvalue weighted by molar-refractivity contribution is -0.440. The van der Waals surface area contributed by atoms with Gasteiger partial charge in [-0.25, -0.2) is 4.79 Å². The number of esters is 1. The van der Waals surface area contributed by atoms with Crippen molar-refractivity contribution < 1.29 is 66.6 Å². The summed E-state index contributed by atoms with van der Waals surface area (Å²) >= 11 is 0. The van der Waals surface area contributed by atoms with Crippen LogP contribution in [-0.4, -0.2) is 48.4 Å². The monoisotopic (exact) mass is 510 g/mol. The van der Waals surface area contributed by atoms with Crippen LogP contribution in [0.2, 0.25) is 0 Å². The number of unbranched alkanes of at least 4 members (excludes halogenated alkanes) is 1. The first kappa shape index (κ1) is 28.8. The van der Waals surface area contributed by atoms with Gasteiger partial charge in [0, 0.05) is 6.42 Å². The zero-order valence-electron chi connectivity index (χ0n) is 16.4. The summed E-state index contributed by atoms with van der Waals surface area (Å²) in [6.07, 6.45) is -11.6. The van der Waals surface area contributed by atoms with E-state index in [2.05, 4.69) is 4.74 Å². The highest BCUT2D eigenvalue weighted by Gasteiger charge is 2.90. The number of hydrogen-bond donors (Lipinski definition) is 0. The molecule has 0 N–H and O–H groups in total. The van der Waals surface area contributed by atoms with E-state index in [4.69, 9.17) is 0 Å². The lowest BCUT2D eigenvalue weighted by Crippen LogP contribution is -2.70. The van der Waals surface area contributed by atoms with E-state index < -0.39 is 67.6 Å². The molecule has 2 nitrogen and oxygen atoms in total. The van der Waals surface area contributed by atoms with E-state index in [9.17, 15) is 61.9 Å². The molecule has 0 heterocycles. The Hall–Kier alpha value is -2.22. The highest BCUT2D eigenvalue weighted by Crippen LogP contribution is 2.60. The van der Waals surface area contributed by atoms with E-state index in [1.165, 1.54) is 24.3 Å². The normalized spacial score (nSPS) is 14.4. The largest absolute Gasteiger partial charge is 0.462 e. The molecule has 0 fully saturated rings. The fourth-order valence-electron chi connectivity index (χ4n) is 2.35. The number of aryl methyl sites for hydroxylation is 1. The van der Waals surface area contributed by atoms with Gasteiger partial charge in [0.05, 0.1) is 12.2 Å². The van der Waals surface area contributed by atoms with Gasteiger partial charge in [-0.05, 0) is 31.9 Å². The van der Waals surface area contributed by atoms with Gasteiger partial charge < -0.3 is 4.74 Å². The molecule has 1 aromatic carbocycles. The van der Waals surface area contributed by atoms with Gasteiger partial charge in [-0.3, -0.25) is 0 Å². The van der Waals surface area contributed by atoms with E-state index in [0.717, 1.165) is 5.56 Å². The molecular formula is C18H15F13O2. The van der Waals surface area contributed by atoms with Gasteiger partial charge in [-0.15, -0.1) is 0 Å². The summed E-state index contributed by atoms with van der Waals surface area (Å²) in [5.74, 6) is -37.8. The number of carbonyl (C=O) groups excluding carboxylic acids is 1. The van der Waals surface area contributed by atoms with Crippen LogP contribution in [0.25, 0.3) is 0 Å². The fraction of sp³-hybridized carbons (Fsp3) is 0.611. The van der Waals surface area contributed by atoms with E-state index in [-0.39, 0.29) is 5.56 Å². The van der Waals surface area contributed by atoms with Crippen LogP contribution in [0.15, 0.2) is 24.3 Å². The first-order chi connectivity index (χ1) is 14.6. The SMILES string of the molecule is Cc1ccc(C(=O)OCCCCC(F)(F)C(F)(F)C(F)(F)C(F)(F)C(F)(F)C(F)(F)F)cc1. The van der Waals surface area contributed by atoms with Gasteiger partial charge in [0.2, 0.25) is 0 Å². The molecule has 0 radical (unpaired) electrons. The standard InChI is InChI=1S/C18H15F13O2/c1-10-4-6-11(7-5-10)12(32)33-9-3-2-8-13(19,20)14(21,22)15(23,24)16(25,26)17(27,28)18(29,30)31/h4-7H,2-3,8-9H2,1H3. The van der Waals surface area contributed by atoms with E-state index in [1.54, 1.807) is 6.92 Å². The molecule has 0 aliphatic rings. The molecule has 1 aromatic rings. The van der Waals surface area contributed by atoms with Crippen LogP contribution in [0.5, 0.6) is 0 Å². The van der Waals surface area contributed by atoms with Crippen molar-refractivity contribution in [3.63, 3.8) is 0 Å². The van der Waals surface area contributed by atoms with Crippen LogP contribution in [0.4, 0.5) is 57.1 Å². The lowest BCUT2D eigenvalue weighted by atomic mass is 9.92. The summed E-state index contributed by atoms with van der Waals surface area (Å²) in [7, 11) is 0. The predicted octanol–water partition coefficient (Wildman–Crippen LogP) is 7.06. The Balaban J connectivity index is 2.83. The van der Waals surface area contributed by atoms with E-state index >= 15 is 0 Å². The molecule has 0 aliphatic carbocycles. The quantitative estimate of drug-likeness (QED) is 0.191. The average Bonchev–Trinajstić information content (AvgIpc) is 2.66. The highest BCUT2D eigenvalue weighted by molar-refractivity contribution is 5.89. The molecule has 0 aliphatic heterocycles. The van der Waals surface area contributed by atoms with Crippen LogP contribution in [-0.2, 0) is 4.74 Å². The Morgan fingerprint density at radius 1 is 0.697 bits per heavy atom. The third-order valence-electron chi connectivity index (χ3n) is 4.40. The van der Waals surface area contributed by atoms with E-state index in [0.29, 0.717) is 0 Å². The van der Waals surface area contributed by atoms with Gasteiger partial charge in [0.1, 0.15) is 0 Å². The molecule has 0 spiro atoms. The molecule has 0 atom stereocenters. The van der Waals surface area contributed by atoms with Gasteiger partial charge in [0.15, 0.2) is 0 Å². The van der Waals surface area contributed by atoms with Crippen molar-refractivity contribution in [3.05, 3.63) is 35.4 Å². The first-order valence-corrected chi connectivity index (χ1v) is 8.83. The van der Waals surface area contributed by atoms with Crippen molar-refractivity contribution in [3.8, 4) is 0 Å². The summed E-state index contributed by atoms with van der Waals surface area (Å²) in [5, 5.41) is 0. The molecule has 0 saturated carbocycles. The van der Waals surface area contributed by atoms with Gasteiger partial charge in [-0.1, -0.05) is 17.7 Å². The maximum Gasteiger partial charge on any atom is 0.460 e. The number of carbonyl (C=O) groups is 1. The van der Waals surface area contributed by atoms with Crippen LogP contribution in [0, 0.1) is 6.92 Å². The van der Waals surface area contributed by atoms with Crippen LogP contribution in [0.3, 0.4) is 0 Å². The fourth-order valence-corrected chi connectivity index (χ4v) is 2.35. The molecule has 0 amide bonds. The Morgan fingerprint density at radius 2 is 1.15 bits per heavy atom. The maximum absolute atomic E-state index is 13.6. The Bertz CT molecular complexity index is 814. The van der Waals surface area contributed by atoms with Crippen molar-refractivity contribution >= 4 is 5.97 Å². The van der Waals surface area contributed by atoms with Gasteiger partial charge in [0.25, 0.3) is 0 Å². The Kier molecular flexibility index (Phi) is 8.03. The van der Waals surface area contributed by atoms with Gasteiger partial charge >= 0.3 is 41.8 Å². The highest BCUT2D eigenvalue weighted by atomic mass is 19.4. The zero-order chi connectivity index (χ0) is 26.1. The zero-order valence-corrected chi connectivity index (χ0v) is 16.4.